The summed E-state index contributed by atoms with van der Waals surface area (Å²) in [7, 11) is 1.41. The minimum Gasteiger partial charge on any atom is -0.405 e. The molecule has 4 N–H and O–H groups in total. The van der Waals surface area contributed by atoms with Crippen LogP contribution in [0.2, 0.25) is 0 Å². The molecule has 1 aliphatic rings. The van der Waals surface area contributed by atoms with Crippen molar-refractivity contribution in [3.05, 3.63) is 64.9 Å². The van der Waals surface area contributed by atoms with Crippen molar-refractivity contribution in [3.63, 3.8) is 0 Å². The van der Waals surface area contributed by atoms with Gasteiger partial charge in [-0.05, 0) is 54.0 Å². The van der Waals surface area contributed by atoms with Gasteiger partial charge in [0.2, 0.25) is 11.8 Å². The number of piperidine rings is 1. The van der Waals surface area contributed by atoms with Crippen LogP contribution in [0.3, 0.4) is 0 Å². The van der Waals surface area contributed by atoms with E-state index in [1.807, 2.05) is 0 Å². The zero-order chi connectivity index (χ0) is 34.5. The van der Waals surface area contributed by atoms with Crippen LogP contribution in [0.25, 0.3) is 10.9 Å². The predicted octanol–water partition coefficient (Wildman–Crippen LogP) is 4.20. The third-order valence-electron chi connectivity index (χ3n) is 8.14. The van der Waals surface area contributed by atoms with Gasteiger partial charge in [-0.15, -0.1) is 13.2 Å². The summed E-state index contributed by atoms with van der Waals surface area (Å²) >= 11 is 0. The van der Waals surface area contributed by atoms with E-state index in [4.69, 9.17) is 10.5 Å². The molecule has 2 heterocycles. The maximum Gasteiger partial charge on any atom is 0.573 e. The van der Waals surface area contributed by atoms with Crippen molar-refractivity contribution in [2.24, 2.45) is 11.7 Å². The zero-order valence-corrected chi connectivity index (χ0v) is 26.3. The van der Waals surface area contributed by atoms with Crippen molar-refractivity contribution in [3.8, 4) is 5.75 Å². The largest absolute Gasteiger partial charge is 0.573 e. The Morgan fingerprint density at radius 1 is 1.04 bits per heavy atom. The Hall–Kier alpha value is -4.24. The van der Waals surface area contributed by atoms with Crippen LogP contribution in [0.15, 0.2) is 36.5 Å². The molecule has 4 rings (SSSR count). The van der Waals surface area contributed by atoms with Crippen LogP contribution in [-0.2, 0) is 27.4 Å². The molecular weight excluding hydrogens is 629 g/mol. The first-order valence-electron chi connectivity index (χ1n) is 15.1. The van der Waals surface area contributed by atoms with Gasteiger partial charge >= 0.3 is 6.36 Å². The van der Waals surface area contributed by atoms with E-state index >= 15 is 0 Å². The molecule has 0 bridgehead atoms. The van der Waals surface area contributed by atoms with Gasteiger partial charge in [0.1, 0.15) is 17.4 Å². The van der Waals surface area contributed by atoms with Gasteiger partial charge in [-0.2, -0.15) is 0 Å². The van der Waals surface area contributed by atoms with E-state index in [1.54, 1.807) is 19.9 Å². The third-order valence-corrected chi connectivity index (χ3v) is 8.14. The normalized spacial score (nSPS) is 14.8. The minimum absolute atomic E-state index is 0.0752. The lowest BCUT2D eigenvalue weighted by molar-refractivity contribution is -0.274. The Bertz CT molecular complexity index is 1600. The van der Waals surface area contributed by atoms with Crippen LogP contribution < -0.4 is 21.1 Å². The molecule has 2 aromatic carbocycles. The number of aromatic nitrogens is 1. The number of amides is 3. The molecule has 256 valence electrons. The van der Waals surface area contributed by atoms with Crippen LogP contribution in [0.1, 0.15) is 54.1 Å². The van der Waals surface area contributed by atoms with Crippen molar-refractivity contribution in [1.82, 2.24) is 20.1 Å². The average molecular weight is 668 g/mol. The first-order valence-corrected chi connectivity index (χ1v) is 15.1. The Balaban J connectivity index is 1.45. The van der Waals surface area contributed by atoms with Crippen LogP contribution in [0, 0.1) is 17.6 Å². The highest BCUT2D eigenvalue weighted by molar-refractivity contribution is 6.09. The molecule has 1 aliphatic heterocycles. The standard InChI is InChI=1S/C32H38F5N5O5/c1-18(2)28(38)30(44)40-16-26(43)39-15-19-4-5-23(33)21(14-19)20-8-10-41(11-9-20)31(45)22-17-42(12-13-46-3)29-24(34)6-7-25(27(22)29)47-32(35,36)37/h4-7,14,17-18,20,28H,8-13,15-16,38H2,1-3H3,(H,39,43)(H,40,44)/t28-/m0/s1. The lowest BCUT2D eigenvalue weighted by Gasteiger charge is -2.32. The number of nitrogens with two attached hydrogens (primary N) is 1. The molecule has 0 saturated carbocycles. The fourth-order valence-corrected chi connectivity index (χ4v) is 5.54. The lowest BCUT2D eigenvalue weighted by Crippen LogP contribution is -2.47. The smallest absolute Gasteiger partial charge is 0.405 e. The second-order valence-corrected chi connectivity index (χ2v) is 11.7. The number of methoxy groups -OCH3 is 1. The number of likely N-dealkylation sites (tertiary alicyclic amines) is 1. The summed E-state index contributed by atoms with van der Waals surface area (Å²) in [6, 6.07) is 5.41. The summed E-state index contributed by atoms with van der Waals surface area (Å²) < 4.78 is 80.1. The maximum absolute atomic E-state index is 14.9. The molecule has 47 heavy (non-hydrogen) atoms. The Kier molecular flexibility index (Phi) is 11.4. The molecule has 0 aliphatic carbocycles. The third kappa shape index (κ3) is 8.77. The summed E-state index contributed by atoms with van der Waals surface area (Å²) in [6.45, 7) is 3.92. The summed E-state index contributed by atoms with van der Waals surface area (Å²) in [5.74, 6) is -3.85. The number of hydrogen-bond acceptors (Lipinski definition) is 6. The highest BCUT2D eigenvalue weighted by atomic mass is 19.4. The lowest BCUT2D eigenvalue weighted by atomic mass is 9.88. The van der Waals surface area contributed by atoms with E-state index in [2.05, 4.69) is 15.4 Å². The number of ether oxygens (including phenoxy) is 2. The van der Waals surface area contributed by atoms with E-state index in [9.17, 15) is 36.3 Å². The monoisotopic (exact) mass is 667 g/mol. The van der Waals surface area contributed by atoms with Crippen LogP contribution in [0.5, 0.6) is 5.75 Å². The SMILES string of the molecule is COCCn1cc(C(=O)N2CCC(c3cc(CNC(=O)CNC(=O)[C@@H](N)C(C)C)ccc3F)CC2)c2c(OC(F)(F)F)ccc(F)c21. The summed E-state index contributed by atoms with van der Waals surface area (Å²) in [4.78, 5) is 39.4. The van der Waals surface area contributed by atoms with E-state index in [0.29, 0.717) is 24.0 Å². The molecule has 1 saturated heterocycles. The van der Waals surface area contributed by atoms with Gasteiger partial charge in [0, 0.05) is 39.5 Å². The molecule has 0 unspecified atom stereocenters. The number of nitrogens with zero attached hydrogens (tertiary/aromatic N) is 2. The minimum atomic E-state index is -5.07. The van der Waals surface area contributed by atoms with Gasteiger partial charge in [-0.25, -0.2) is 8.78 Å². The molecule has 0 radical (unpaired) electrons. The molecule has 3 aromatic rings. The van der Waals surface area contributed by atoms with Crippen molar-refractivity contribution < 1.29 is 45.8 Å². The van der Waals surface area contributed by atoms with E-state index in [0.717, 1.165) is 12.1 Å². The van der Waals surface area contributed by atoms with Crippen molar-refractivity contribution in [2.45, 2.75) is 58.1 Å². The number of benzene rings is 2. The molecule has 15 heteroatoms. The Labute approximate surface area is 268 Å². The highest BCUT2D eigenvalue weighted by Crippen LogP contribution is 2.38. The van der Waals surface area contributed by atoms with E-state index in [1.165, 1.54) is 34.9 Å². The second kappa shape index (κ2) is 15.1. The Morgan fingerprint density at radius 2 is 1.72 bits per heavy atom. The maximum atomic E-state index is 14.9. The number of nitrogens with one attached hydrogen (secondary N) is 2. The molecule has 10 nitrogen and oxygen atoms in total. The fourth-order valence-electron chi connectivity index (χ4n) is 5.54. The van der Waals surface area contributed by atoms with Crippen LogP contribution in [0.4, 0.5) is 22.0 Å². The molecular formula is C32H38F5N5O5. The number of carbonyl (C=O) groups excluding carboxylic acids is 3. The van der Waals surface area contributed by atoms with E-state index < -0.39 is 47.5 Å². The number of hydrogen-bond donors (Lipinski definition) is 3. The fraction of sp³-hybridized carbons (Fsp3) is 0.469. The zero-order valence-electron chi connectivity index (χ0n) is 26.3. The molecule has 1 aromatic heterocycles. The quantitative estimate of drug-likeness (QED) is 0.249. The number of alkyl halides is 3. The number of fused-ring (bicyclic) bond motifs is 1. The van der Waals surface area contributed by atoms with Gasteiger partial charge in [-0.1, -0.05) is 26.0 Å². The van der Waals surface area contributed by atoms with Crippen LogP contribution >= 0.6 is 0 Å². The van der Waals surface area contributed by atoms with Gasteiger partial charge in [-0.3, -0.25) is 14.4 Å². The Morgan fingerprint density at radius 3 is 2.36 bits per heavy atom. The van der Waals surface area contributed by atoms with E-state index in [-0.39, 0.29) is 67.6 Å². The summed E-state index contributed by atoms with van der Waals surface area (Å²) in [6.07, 6.45) is -3.07. The number of rotatable bonds is 12. The highest BCUT2D eigenvalue weighted by Gasteiger charge is 2.35. The topological polar surface area (TPSA) is 128 Å². The molecule has 0 spiro atoms. The molecule has 1 fully saturated rings. The number of halogens is 5. The molecule has 3 amide bonds. The van der Waals surface area contributed by atoms with Crippen molar-refractivity contribution >= 4 is 28.6 Å². The summed E-state index contributed by atoms with van der Waals surface area (Å²) in [5.41, 5.74) is 6.44. The van der Waals surface area contributed by atoms with Crippen LogP contribution in [-0.4, -0.2) is 72.9 Å². The van der Waals surface area contributed by atoms with Gasteiger partial charge in [0.05, 0.1) is 35.7 Å². The summed E-state index contributed by atoms with van der Waals surface area (Å²) in [5, 5.41) is 4.86. The average Bonchev–Trinajstić information content (AvgIpc) is 3.43. The number of carbonyl (C=O) groups is 3. The van der Waals surface area contributed by atoms with Gasteiger partial charge in [0.25, 0.3) is 5.91 Å². The predicted molar refractivity (Wildman–Crippen MR) is 162 cm³/mol. The second-order valence-electron chi connectivity index (χ2n) is 11.7. The van der Waals surface area contributed by atoms with Gasteiger partial charge in [0.15, 0.2) is 0 Å². The first kappa shape index (κ1) is 35.6. The first-order chi connectivity index (χ1) is 22.2. The van der Waals surface area contributed by atoms with Gasteiger partial charge < -0.3 is 35.3 Å². The van der Waals surface area contributed by atoms with Crippen molar-refractivity contribution in [1.29, 1.82) is 0 Å². The molecule has 1 atom stereocenters. The van der Waals surface area contributed by atoms with Crippen molar-refractivity contribution in [2.75, 3.05) is 33.4 Å².